The van der Waals surface area contributed by atoms with E-state index in [1.54, 1.807) is 12.1 Å². The number of rotatable bonds is 3. The maximum atomic E-state index is 12.3. The van der Waals surface area contributed by atoms with Crippen LogP contribution in [0.15, 0.2) is 53.5 Å². The Morgan fingerprint density at radius 1 is 1.00 bits per heavy atom. The van der Waals surface area contributed by atoms with Gasteiger partial charge in [-0.15, -0.1) is 13.2 Å². The van der Waals surface area contributed by atoms with Crippen LogP contribution >= 0.6 is 0 Å². The van der Waals surface area contributed by atoms with E-state index in [0.29, 0.717) is 6.54 Å². The highest BCUT2D eigenvalue weighted by molar-refractivity contribution is 6.02. The first kappa shape index (κ1) is 18.8. The van der Waals surface area contributed by atoms with Crippen LogP contribution in [0.4, 0.5) is 18.9 Å². The van der Waals surface area contributed by atoms with Gasteiger partial charge in [0.1, 0.15) is 11.6 Å². The number of anilines is 1. The van der Waals surface area contributed by atoms with Gasteiger partial charge in [-0.3, -0.25) is 4.99 Å². The number of ether oxygens (including phenoxy) is 1. The number of piperidine rings is 1. The van der Waals surface area contributed by atoms with Gasteiger partial charge in [-0.25, -0.2) is 0 Å². The van der Waals surface area contributed by atoms with E-state index in [-0.39, 0.29) is 11.2 Å². The van der Waals surface area contributed by atoms with Crippen molar-refractivity contribution in [3.05, 3.63) is 59.7 Å². The molecule has 0 unspecified atom stereocenters. The molecule has 2 N–H and O–H groups in total. The Kier molecular flexibility index (Phi) is 5.02. The number of hydrogen-bond donors (Lipinski definition) is 2. The fourth-order valence-corrected chi connectivity index (χ4v) is 4.00. The third kappa shape index (κ3) is 4.14. The van der Waals surface area contributed by atoms with Crippen molar-refractivity contribution in [3.63, 3.8) is 0 Å². The third-order valence-corrected chi connectivity index (χ3v) is 5.44. The zero-order valence-electron chi connectivity index (χ0n) is 15.4. The standard InChI is InChI=1S/C21H22F3N3O/c22-21(23,24)28-17-7-5-15(6-8-17)14-26-19-20(9-11-25-12-10-20)13-16-3-1-2-4-18(16)27-19/h1-8,25H,9-14H2,(H,26,27). The fraction of sp³-hybridized carbons (Fsp3) is 0.381. The molecule has 7 heteroatoms. The lowest BCUT2D eigenvalue weighted by Crippen LogP contribution is -2.48. The van der Waals surface area contributed by atoms with Crippen LogP contribution in [-0.4, -0.2) is 25.3 Å². The molecule has 0 atom stereocenters. The molecule has 1 spiro atoms. The molecule has 0 aromatic heterocycles. The molecule has 2 aromatic carbocycles. The SMILES string of the molecule is FC(F)(F)Oc1ccc(CN=C2Nc3ccccc3CC23CCNCC3)cc1. The molecule has 28 heavy (non-hydrogen) atoms. The minimum atomic E-state index is -4.68. The van der Waals surface area contributed by atoms with Crippen molar-refractivity contribution in [2.75, 3.05) is 18.4 Å². The predicted molar refractivity (Wildman–Crippen MR) is 103 cm³/mol. The Morgan fingerprint density at radius 3 is 2.43 bits per heavy atom. The largest absolute Gasteiger partial charge is 0.573 e. The van der Waals surface area contributed by atoms with Gasteiger partial charge in [0, 0.05) is 11.1 Å². The van der Waals surface area contributed by atoms with Crippen molar-refractivity contribution in [2.45, 2.75) is 32.2 Å². The van der Waals surface area contributed by atoms with Crippen LogP contribution < -0.4 is 15.4 Å². The zero-order chi connectivity index (χ0) is 19.6. The van der Waals surface area contributed by atoms with E-state index in [2.05, 4.69) is 33.6 Å². The lowest BCUT2D eigenvalue weighted by molar-refractivity contribution is -0.274. The topological polar surface area (TPSA) is 45.6 Å². The van der Waals surface area contributed by atoms with E-state index < -0.39 is 6.36 Å². The highest BCUT2D eigenvalue weighted by Gasteiger charge is 2.41. The van der Waals surface area contributed by atoms with Crippen molar-refractivity contribution in [1.82, 2.24) is 5.32 Å². The molecule has 0 bridgehead atoms. The first-order valence-electron chi connectivity index (χ1n) is 9.39. The van der Waals surface area contributed by atoms with E-state index in [0.717, 1.165) is 49.4 Å². The van der Waals surface area contributed by atoms with Gasteiger partial charge in [0.15, 0.2) is 0 Å². The first-order chi connectivity index (χ1) is 13.4. The Labute approximate surface area is 161 Å². The quantitative estimate of drug-likeness (QED) is 0.811. The van der Waals surface area contributed by atoms with Crippen LogP contribution in [0.1, 0.15) is 24.0 Å². The minimum Gasteiger partial charge on any atom is -0.406 e. The van der Waals surface area contributed by atoms with Gasteiger partial charge < -0.3 is 15.4 Å². The number of benzene rings is 2. The fourth-order valence-electron chi connectivity index (χ4n) is 4.00. The first-order valence-corrected chi connectivity index (χ1v) is 9.39. The summed E-state index contributed by atoms with van der Waals surface area (Å²) in [5, 5.41) is 6.93. The summed E-state index contributed by atoms with van der Waals surface area (Å²) < 4.78 is 40.8. The van der Waals surface area contributed by atoms with Crippen LogP contribution in [0.2, 0.25) is 0 Å². The Hall–Kier alpha value is -2.54. The molecule has 4 rings (SSSR count). The summed E-state index contributed by atoms with van der Waals surface area (Å²) >= 11 is 0. The summed E-state index contributed by atoms with van der Waals surface area (Å²) in [7, 11) is 0. The molecule has 0 radical (unpaired) electrons. The molecule has 2 aromatic rings. The number of hydrogen-bond acceptors (Lipinski definition) is 3. The van der Waals surface area contributed by atoms with Crippen LogP contribution in [0, 0.1) is 5.41 Å². The highest BCUT2D eigenvalue weighted by atomic mass is 19.4. The van der Waals surface area contributed by atoms with E-state index in [1.165, 1.54) is 17.7 Å². The zero-order valence-corrected chi connectivity index (χ0v) is 15.4. The van der Waals surface area contributed by atoms with Gasteiger partial charge in [0.25, 0.3) is 0 Å². The number of aliphatic imine (C=N–C) groups is 1. The van der Waals surface area contributed by atoms with Crippen LogP contribution in [-0.2, 0) is 13.0 Å². The second-order valence-electron chi connectivity index (χ2n) is 7.35. The molecule has 0 aliphatic carbocycles. The highest BCUT2D eigenvalue weighted by Crippen LogP contribution is 2.40. The smallest absolute Gasteiger partial charge is 0.406 e. The molecule has 1 fully saturated rings. The second kappa shape index (κ2) is 7.47. The van der Waals surface area contributed by atoms with Gasteiger partial charge in [0.2, 0.25) is 0 Å². The average Bonchev–Trinajstić information content (AvgIpc) is 2.67. The summed E-state index contributed by atoms with van der Waals surface area (Å²) in [6.07, 6.45) is -1.71. The van der Waals surface area contributed by atoms with Crippen molar-refractivity contribution >= 4 is 11.5 Å². The lowest BCUT2D eigenvalue weighted by Gasteiger charge is -2.42. The van der Waals surface area contributed by atoms with Gasteiger partial charge in [0.05, 0.1) is 6.54 Å². The van der Waals surface area contributed by atoms with Gasteiger partial charge >= 0.3 is 6.36 Å². The number of nitrogens with one attached hydrogen (secondary N) is 2. The van der Waals surface area contributed by atoms with Crippen molar-refractivity contribution in [2.24, 2.45) is 10.4 Å². The molecule has 4 nitrogen and oxygen atoms in total. The Morgan fingerprint density at radius 2 is 1.71 bits per heavy atom. The van der Waals surface area contributed by atoms with Crippen molar-refractivity contribution in [1.29, 1.82) is 0 Å². The molecular weight excluding hydrogens is 367 g/mol. The Bertz CT molecular complexity index is 856. The summed E-state index contributed by atoms with van der Waals surface area (Å²) in [6, 6.07) is 14.2. The minimum absolute atomic E-state index is 0.0149. The number of nitrogens with zero attached hydrogens (tertiary/aromatic N) is 1. The van der Waals surface area contributed by atoms with Crippen LogP contribution in [0.5, 0.6) is 5.75 Å². The van der Waals surface area contributed by atoms with Crippen LogP contribution in [0.3, 0.4) is 0 Å². The summed E-state index contributed by atoms with van der Waals surface area (Å²) in [4.78, 5) is 4.85. The Balaban J connectivity index is 1.55. The third-order valence-electron chi connectivity index (χ3n) is 5.44. The molecule has 2 aliphatic rings. The average molecular weight is 389 g/mol. The molecule has 148 valence electrons. The van der Waals surface area contributed by atoms with Crippen molar-refractivity contribution < 1.29 is 17.9 Å². The number of para-hydroxylation sites is 1. The number of alkyl halides is 3. The van der Waals surface area contributed by atoms with Crippen LogP contribution in [0.25, 0.3) is 0 Å². The molecule has 2 aliphatic heterocycles. The molecule has 1 saturated heterocycles. The molecule has 2 heterocycles. The van der Waals surface area contributed by atoms with Crippen molar-refractivity contribution in [3.8, 4) is 5.75 Å². The number of fused-ring (bicyclic) bond motifs is 1. The number of amidine groups is 1. The van der Waals surface area contributed by atoms with Gasteiger partial charge in [-0.1, -0.05) is 30.3 Å². The summed E-state index contributed by atoms with van der Waals surface area (Å²) in [5.41, 5.74) is 3.21. The van der Waals surface area contributed by atoms with Gasteiger partial charge in [-0.2, -0.15) is 0 Å². The lowest BCUT2D eigenvalue weighted by atomic mass is 9.71. The normalized spacial score (nSPS) is 19.9. The predicted octanol–water partition coefficient (Wildman–Crippen LogP) is 4.52. The van der Waals surface area contributed by atoms with E-state index in [1.807, 2.05) is 6.07 Å². The van der Waals surface area contributed by atoms with E-state index >= 15 is 0 Å². The summed E-state index contributed by atoms with van der Waals surface area (Å²) in [5.74, 6) is 0.756. The van der Waals surface area contributed by atoms with E-state index in [9.17, 15) is 13.2 Å². The number of halogens is 3. The maximum absolute atomic E-state index is 12.3. The molecular formula is C21H22F3N3O. The second-order valence-corrected chi connectivity index (χ2v) is 7.35. The van der Waals surface area contributed by atoms with Gasteiger partial charge in [-0.05, 0) is 61.7 Å². The maximum Gasteiger partial charge on any atom is 0.573 e. The monoisotopic (exact) mass is 389 g/mol. The molecule has 0 amide bonds. The van der Waals surface area contributed by atoms with E-state index in [4.69, 9.17) is 4.99 Å². The molecule has 0 saturated carbocycles. The summed E-state index contributed by atoms with van der Waals surface area (Å²) in [6.45, 7) is 2.31.